The first kappa shape index (κ1) is 14.8. The quantitative estimate of drug-likeness (QED) is 0.707. The van der Waals surface area contributed by atoms with Crippen molar-refractivity contribution >= 4 is 0 Å². The molecule has 3 nitrogen and oxygen atoms in total. The molecule has 1 aromatic carbocycles. The van der Waals surface area contributed by atoms with Crippen LogP contribution in [0.4, 0.5) is 0 Å². The van der Waals surface area contributed by atoms with Gasteiger partial charge in [-0.05, 0) is 43.6 Å². The monoisotopic (exact) mass is 251 g/mol. The lowest BCUT2D eigenvalue weighted by molar-refractivity contribution is 0.265. The second-order valence-electron chi connectivity index (χ2n) is 4.47. The van der Waals surface area contributed by atoms with Crippen molar-refractivity contribution in [3.63, 3.8) is 0 Å². The molecule has 0 atom stereocenters. The van der Waals surface area contributed by atoms with Crippen LogP contribution in [0.1, 0.15) is 32.3 Å². The fourth-order valence-corrected chi connectivity index (χ4v) is 2.14. The Labute approximate surface area is 111 Å². The highest BCUT2D eigenvalue weighted by Crippen LogP contribution is 2.28. The van der Waals surface area contributed by atoms with Gasteiger partial charge in [0, 0.05) is 6.54 Å². The average molecular weight is 251 g/mol. The maximum absolute atomic E-state index is 5.33. The highest BCUT2D eigenvalue weighted by Gasteiger charge is 2.08. The van der Waals surface area contributed by atoms with E-state index in [2.05, 4.69) is 30.9 Å². The van der Waals surface area contributed by atoms with Crippen LogP contribution in [-0.4, -0.2) is 32.2 Å². The lowest BCUT2D eigenvalue weighted by Crippen LogP contribution is -2.24. The number of methoxy groups -OCH3 is 2. The molecule has 0 unspecified atom stereocenters. The molecule has 0 aromatic heterocycles. The van der Waals surface area contributed by atoms with Crippen molar-refractivity contribution < 1.29 is 9.47 Å². The van der Waals surface area contributed by atoms with Crippen LogP contribution < -0.4 is 9.47 Å². The first-order chi connectivity index (χ1) is 8.74. The zero-order valence-electron chi connectivity index (χ0n) is 12.0. The number of rotatable bonds is 8. The summed E-state index contributed by atoms with van der Waals surface area (Å²) in [6.07, 6.45) is 2.38. The van der Waals surface area contributed by atoms with Gasteiger partial charge in [0.1, 0.15) is 0 Å². The Kier molecular flexibility index (Phi) is 6.58. The van der Waals surface area contributed by atoms with Crippen LogP contribution in [0.15, 0.2) is 18.2 Å². The van der Waals surface area contributed by atoms with E-state index >= 15 is 0 Å². The minimum atomic E-state index is 0.791. The second-order valence-corrected chi connectivity index (χ2v) is 4.47. The molecule has 1 rings (SSSR count). The molecule has 102 valence electrons. The van der Waals surface area contributed by atoms with E-state index in [1.54, 1.807) is 14.2 Å². The summed E-state index contributed by atoms with van der Waals surface area (Å²) in [6, 6.07) is 6.15. The molecule has 18 heavy (non-hydrogen) atoms. The Hall–Kier alpha value is -1.22. The van der Waals surface area contributed by atoms with Crippen LogP contribution in [0.2, 0.25) is 0 Å². The normalized spacial score (nSPS) is 10.7. The van der Waals surface area contributed by atoms with Gasteiger partial charge in [-0.3, -0.25) is 4.90 Å². The SMILES string of the molecule is CCCN(CCC)Cc1ccc(OC)c(OC)c1. The van der Waals surface area contributed by atoms with Crippen molar-refractivity contribution in [1.82, 2.24) is 4.90 Å². The van der Waals surface area contributed by atoms with Gasteiger partial charge in [-0.15, -0.1) is 0 Å². The molecule has 0 aliphatic rings. The molecule has 3 heteroatoms. The summed E-state index contributed by atoms with van der Waals surface area (Å²) >= 11 is 0. The van der Waals surface area contributed by atoms with Crippen molar-refractivity contribution in [2.75, 3.05) is 27.3 Å². The molecule has 0 amide bonds. The van der Waals surface area contributed by atoms with E-state index in [1.165, 1.54) is 18.4 Å². The molecule has 0 aliphatic carbocycles. The smallest absolute Gasteiger partial charge is 0.161 e. The zero-order valence-corrected chi connectivity index (χ0v) is 12.0. The summed E-state index contributed by atoms with van der Waals surface area (Å²) in [5.41, 5.74) is 1.27. The van der Waals surface area contributed by atoms with Crippen LogP contribution in [-0.2, 0) is 6.54 Å². The number of hydrogen-bond acceptors (Lipinski definition) is 3. The van der Waals surface area contributed by atoms with Crippen LogP contribution in [0.25, 0.3) is 0 Å². The summed E-state index contributed by atoms with van der Waals surface area (Å²) in [4.78, 5) is 2.47. The van der Waals surface area contributed by atoms with Gasteiger partial charge in [0.25, 0.3) is 0 Å². The van der Waals surface area contributed by atoms with Gasteiger partial charge in [-0.1, -0.05) is 19.9 Å². The maximum Gasteiger partial charge on any atom is 0.161 e. The third kappa shape index (κ3) is 4.22. The predicted octanol–water partition coefficient (Wildman–Crippen LogP) is 3.33. The van der Waals surface area contributed by atoms with Crippen molar-refractivity contribution in [1.29, 1.82) is 0 Å². The average Bonchev–Trinajstić information content (AvgIpc) is 2.39. The Morgan fingerprint density at radius 1 is 0.944 bits per heavy atom. The van der Waals surface area contributed by atoms with Crippen LogP contribution in [0.5, 0.6) is 11.5 Å². The summed E-state index contributed by atoms with van der Waals surface area (Å²) in [5, 5.41) is 0. The molecule has 0 fully saturated rings. The number of nitrogens with zero attached hydrogens (tertiary/aromatic N) is 1. The topological polar surface area (TPSA) is 21.7 Å². The standard InChI is InChI=1S/C15H25NO2/c1-5-9-16(10-6-2)12-13-7-8-14(17-3)15(11-13)18-4/h7-8,11H,5-6,9-10,12H2,1-4H3. The Morgan fingerprint density at radius 3 is 2.06 bits per heavy atom. The number of benzene rings is 1. The van der Waals surface area contributed by atoms with Crippen LogP contribution >= 0.6 is 0 Å². The zero-order chi connectivity index (χ0) is 13.4. The highest BCUT2D eigenvalue weighted by atomic mass is 16.5. The Morgan fingerprint density at radius 2 is 1.56 bits per heavy atom. The lowest BCUT2D eigenvalue weighted by atomic mass is 10.1. The molecule has 1 aromatic rings. The minimum absolute atomic E-state index is 0.791. The van der Waals surface area contributed by atoms with Crippen molar-refractivity contribution in [2.24, 2.45) is 0 Å². The fraction of sp³-hybridized carbons (Fsp3) is 0.600. The van der Waals surface area contributed by atoms with E-state index in [9.17, 15) is 0 Å². The molecule has 0 radical (unpaired) electrons. The minimum Gasteiger partial charge on any atom is -0.493 e. The van der Waals surface area contributed by atoms with Gasteiger partial charge in [0.15, 0.2) is 11.5 Å². The molecular weight excluding hydrogens is 226 g/mol. The van der Waals surface area contributed by atoms with E-state index in [0.29, 0.717) is 0 Å². The van der Waals surface area contributed by atoms with Gasteiger partial charge < -0.3 is 9.47 Å². The number of ether oxygens (including phenoxy) is 2. The van der Waals surface area contributed by atoms with E-state index in [-0.39, 0.29) is 0 Å². The number of hydrogen-bond donors (Lipinski definition) is 0. The first-order valence-electron chi connectivity index (χ1n) is 6.68. The van der Waals surface area contributed by atoms with Crippen molar-refractivity contribution in [3.8, 4) is 11.5 Å². The van der Waals surface area contributed by atoms with Crippen LogP contribution in [0, 0.1) is 0 Å². The summed E-state index contributed by atoms with van der Waals surface area (Å²) in [5.74, 6) is 1.60. The van der Waals surface area contributed by atoms with Gasteiger partial charge in [0.05, 0.1) is 14.2 Å². The Balaban J connectivity index is 2.76. The molecule has 0 N–H and O–H groups in total. The van der Waals surface area contributed by atoms with Gasteiger partial charge in [-0.25, -0.2) is 0 Å². The first-order valence-corrected chi connectivity index (χ1v) is 6.68. The van der Waals surface area contributed by atoms with E-state index in [0.717, 1.165) is 31.1 Å². The maximum atomic E-state index is 5.33. The molecule has 0 bridgehead atoms. The predicted molar refractivity (Wildman–Crippen MR) is 75.4 cm³/mol. The molecule has 0 aliphatic heterocycles. The van der Waals surface area contributed by atoms with Crippen molar-refractivity contribution in [3.05, 3.63) is 23.8 Å². The third-order valence-electron chi connectivity index (χ3n) is 2.93. The summed E-state index contributed by atoms with van der Waals surface area (Å²) < 4.78 is 10.6. The molecule has 0 heterocycles. The Bertz CT molecular complexity index is 346. The van der Waals surface area contributed by atoms with Crippen molar-refractivity contribution in [2.45, 2.75) is 33.2 Å². The van der Waals surface area contributed by atoms with Gasteiger partial charge in [0.2, 0.25) is 0 Å². The van der Waals surface area contributed by atoms with E-state index in [4.69, 9.17) is 9.47 Å². The molecule has 0 saturated carbocycles. The molecule has 0 saturated heterocycles. The second kappa shape index (κ2) is 7.98. The van der Waals surface area contributed by atoms with Gasteiger partial charge in [-0.2, -0.15) is 0 Å². The van der Waals surface area contributed by atoms with E-state index < -0.39 is 0 Å². The van der Waals surface area contributed by atoms with Crippen LogP contribution in [0.3, 0.4) is 0 Å². The van der Waals surface area contributed by atoms with Gasteiger partial charge >= 0.3 is 0 Å². The third-order valence-corrected chi connectivity index (χ3v) is 2.93. The van der Waals surface area contributed by atoms with E-state index in [1.807, 2.05) is 6.07 Å². The lowest BCUT2D eigenvalue weighted by Gasteiger charge is -2.21. The highest BCUT2D eigenvalue weighted by molar-refractivity contribution is 5.42. The summed E-state index contributed by atoms with van der Waals surface area (Å²) in [7, 11) is 3.34. The molecular formula is C15H25NO2. The summed E-state index contributed by atoms with van der Waals surface area (Å²) in [6.45, 7) is 7.70. The largest absolute Gasteiger partial charge is 0.493 e. The fourth-order valence-electron chi connectivity index (χ4n) is 2.14. The molecule has 0 spiro atoms.